The van der Waals surface area contributed by atoms with Gasteiger partial charge in [0.15, 0.2) is 11.6 Å². The highest BCUT2D eigenvalue weighted by atomic mass is 35.5. The van der Waals surface area contributed by atoms with E-state index in [4.69, 9.17) is 16.3 Å². The fourth-order valence-electron chi connectivity index (χ4n) is 5.21. The number of quaternary nitrogens is 1. The van der Waals surface area contributed by atoms with E-state index in [-0.39, 0.29) is 57.2 Å². The third-order valence-corrected chi connectivity index (χ3v) is 7.93. The van der Waals surface area contributed by atoms with Crippen molar-refractivity contribution in [2.75, 3.05) is 59.2 Å². The third kappa shape index (κ3) is 7.59. The van der Waals surface area contributed by atoms with Crippen molar-refractivity contribution >= 4 is 35.0 Å². The summed E-state index contributed by atoms with van der Waals surface area (Å²) in [5, 5.41) is 22.2. The molecular weight excluding hydrogens is 605 g/mol. The van der Waals surface area contributed by atoms with Gasteiger partial charge in [-0.05, 0) is 36.8 Å². The molecule has 1 aliphatic heterocycles. The van der Waals surface area contributed by atoms with E-state index in [1.807, 2.05) is 14.1 Å². The van der Waals surface area contributed by atoms with Gasteiger partial charge in [0.1, 0.15) is 30.0 Å². The molecule has 2 aromatic carbocycles. The Morgan fingerprint density at radius 3 is 2.49 bits per heavy atom. The van der Waals surface area contributed by atoms with E-state index in [2.05, 4.69) is 10.3 Å². The topological polar surface area (TPSA) is 145 Å². The molecular formula is C31H36ClFN7O5+. The van der Waals surface area contributed by atoms with Gasteiger partial charge in [0.25, 0.3) is 11.8 Å². The highest BCUT2D eigenvalue weighted by Crippen LogP contribution is 2.31. The molecule has 1 aromatic heterocycles. The zero-order valence-corrected chi connectivity index (χ0v) is 26.3. The Bertz CT molecular complexity index is 1630. The van der Waals surface area contributed by atoms with Crippen molar-refractivity contribution in [3.05, 3.63) is 64.3 Å². The van der Waals surface area contributed by atoms with Gasteiger partial charge in [-0.15, -0.1) is 0 Å². The van der Waals surface area contributed by atoms with Crippen LogP contribution in [0.3, 0.4) is 0 Å². The zero-order chi connectivity index (χ0) is 32.8. The molecule has 1 fully saturated rings. The maximum absolute atomic E-state index is 15.1. The van der Waals surface area contributed by atoms with Crippen molar-refractivity contribution in [2.24, 2.45) is 7.05 Å². The van der Waals surface area contributed by atoms with Crippen LogP contribution in [0.15, 0.2) is 36.5 Å². The number of aliphatic hydroxyl groups excluding tert-OH is 1. The number of aliphatic hydroxyl groups is 1. The van der Waals surface area contributed by atoms with Gasteiger partial charge >= 0.3 is 0 Å². The summed E-state index contributed by atoms with van der Waals surface area (Å²) in [6.07, 6.45) is 1.44. The molecule has 0 saturated carbocycles. The zero-order valence-electron chi connectivity index (χ0n) is 25.6. The molecule has 1 aliphatic rings. The number of amides is 3. The molecule has 238 valence electrons. The Labute approximate surface area is 265 Å². The number of anilines is 1. The maximum atomic E-state index is 15.1. The van der Waals surface area contributed by atoms with Crippen molar-refractivity contribution in [1.29, 1.82) is 5.26 Å². The van der Waals surface area contributed by atoms with E-state index < -0.39 is 17.8 Å². The van der Waals surface area contributed by atoms with Crippen molar-refractivity contribution in [3.8, 4) is 23.1 Å². The van der Waals surface area contributed by atoms with Crippen LogP contribution in [0.25, 0.3) is 11.3 Å². The fraction of sp³-hybridized carbons (Fsp3) is 0.387. The number of benzene rings is 2. The summed E-state index contributed by atoms with van der Waals surface area (Å²) in [7, 11) is 6.77. The van der Waals surface area contributed by atoms with Crippen molar-refractivity contribution < 1.29 is 33.5 Å². The number of nitriles is 1. The summed E-state index contributed by atoms with van der Waals surface area (Å²) in [5.41, 5.74) is 0.681. The van der Waals surface area contributed by atoms with Gasteiger partial charge in [0, 0.05) is 50.9 Å². The molecule has 0 spiro atoms. The molecule has 14 heteroatoms. The van der Waals surface area contributed by atoms with Gasteiger partial charge in [0.05, 0.1) is 43.7 Å². The summed E-state index contributed by atoms with van der Waals surface area (Å²) in [6.45, 7) is 2.02. The highest BCUT2D eigenvalue weighted by molar-refractivity contribution is 6.34. The summed E-state index contributed by atoms with van der Waals surface area (Å²) >= 11 is 6.46. The first kappa shape index (κ1) is 33.4. The van der Waals surface area contributed by atoms with Crippen LogP contribution in [-0.4, -0.2) is 102 Å². The minimum atomic E-state index is -0.789. The fourth-order valence-corrected chi connectivity index (χ4v) is 5.47. The van der Waals surface area contributed by atoms with Crippen LogP contribution < -0.4 is 15.0 Å². The van der Waals surface area contributed by atoms with Crippen LogP contribution in [0.5, 0.6) is 5.75 Å². The van der Waals surface area contributed by atoms with E-state index in [0.717, 1.165) is 4.90 Å². The van der Waals surface area contributed by atoms with Crippen LogP contribution in [0.1, 0.15) is 39.4 Å². The first-order chi connectivity index (χ1) is 21.4. The van der Waals surface area contributed by atoms with Crippen LogP contribution in [0.2, 0.25) is 5.02 Å². The monoisotopic (exact) mass is 640 g/mol. The van der Waals surface area contributed by atoms with Gasteiger partial charge in [-0.3, -0.25) is 14.4 Å². The predicted octanol–water partition coefficient (Wildman–Crippen LogP) is 1.58. The standard InChI is InChI=1S/C31H35ClFN7O5/c1-37(2)18-20(41)6-10-27(42)39-11-13-40(14-12-39)31(44)21-7-5-19(15-24(21)32)36-30(43)29-35-17-25(38(29)3)22-8-9-26(45-4)23(16-34)28(22)33/h5,7-9,15,17,20,41H,6,10-14,18H2,1-4H3,(H,36,43)/p+1/t20-/m1/s1. The molecule has 0 radical (unpaired) electrons. The van der Waals surface area contributed by atoms with E-state index in [0.29, 0.717) is 44.8 Å². The second kappa shape index (κ2) is 14.5. The lowest BCUT2D eigenvalue weighted by Crippen LogP contribution is -3.07. The summed E-state index contributed by atoms with van der Waals surface area (Å²) in [6, 6.07) is 9.23. The summed E-state index contributed by atoms with van der Waals surface area (Å²) in [4.78, 5) is 47.4. The van der Waals surface area contributed by atoms with E-state index in [1.165, 1.54) is 42.1 Å². The van der Waals surface area contributed by atoms with Crippen LogP contribution in [0, 0.1) is 17.1 Å². The number of aromatic nitrogens is 2. The van der Waals surface area contributed by atoms with Crippen molar-refractivity contribution in [3.63, 3.8) is 0 Å². The lowest BCUT2D eigenvalue weighted by molar-refractivity contribution is -0.861. The van der Waals surface area contributed by atoms with Gasteiger partial charge in [-0.1, -0.05) is 11.6 Å². The van der Waals surface area contributed by atoms with E-state index in [1.54, 1.807) is 29.0 Å². The van der Waals surface area contributed by atoms with E-state index in [9.17, 15) is 24.8 Å². The number of imidazole rings is 1. The number of hydrogen-bond donors (Lipinski definition) is 3. The van der Waals surface area contributed by atoms with Crippen LogP contribution in [-0.2, 0) is 11.8 Å². The molecule has 0 aliphatic carbocycles. The number of hydrogen-bond acceptors (Lipinski definition) is 7. The molecule has 3 amide bonds. The average molecular weight is 641 g/mol. The number of likely N-dealkylation sites (N-methyl/N-ethyl adjacent to an activating group) is 1. The van der Waals surface area contributed by atoms with Gasteiger partial charge in [-0.25, -0.2) is 9.37 Å². The number of carbonyl (C=O) groups excluding carboxylic acids is 3. The Balaban J connectivity index is 1.37. The number of nitrogens with one attached hydrogen (secondary N) is 2. The summed E-state index contributed by atoms with van der Waals surface area (Å²) in [5.74, 6) is -1.64. The molecule has 0 unspecified atom stereocenters. The van der Waals surface area contributed by atoms with E-state index >= 15 is 4.39 Å². The van der Waals surface area contributed by atoms with Gasteiger partial charge in [0.2, 0.25) is 5.91 Å². The second-order valence-corrected chi connectivity index (χ2v) is 11.5. The molecule has 1 saturated heterocycles. The minimum Gasteiger partial charge on any atom is -0.495 e. The van der Waals surface area contributed by atoms with Crippen molar-refractivity contribution in [1.82, 2.24) is 19.4 Å². The summed E-state index contributed by atoms with van der Waals surface area (Å²) < 4.78 is 21.5. The van der Waals surface area contributed by atoms with Crippen LogP contribution >= 0.6 is 11.6 Å². The normalized spacial score (nSPS) is 13.8. The second-order valence-electron chi connectivity index (χ2n) is 11.1. The molecule has 3 N–H and O–H groups in total. The molecule has 45 heavy (non-hydrogen) atoms. The number of rotatable bonds is 10. The molecule has 1 atom stereocenters. The SMILES string of the molecule is COc1ccc(-c2cnc(C(=O)Nc3ccc(C(=O)N4CCN(C(=O)CC[C@@H](O)C[NH+](C)C)CC4)c(Cl)c3)n2C)c(F)c1C#N. The quantitative estimate of drug-likeness (QED) is 0.305. The minimum absolute atomic E-state index is 0.0178. The number of piperazine rings is 1. The third-order valence-electron chi connectivity index (χ3n) is 7.61. The van der Waals surface area contributed by atoms with Crippen LogP contribution in [0.4, 0.5) is 10.1 Å². The maximum Gasteiger partial charge on any atom is 0.291 e. The smallest absolute Gasteiger partial charge is 0.291 e. The lowest BCUT2D eigenvalue weighted by Gasteiger charge is -2.35. The first-order valence-corrected chi connectivity index (χ1v) is 14.8. The van der Waals surface area contributed by atoms with Gasteiger partial charge in [-0.2, -0.15) is 5.26 Å². The molecule has 3 aromatic rings. The Hall–Kier alpha value is -4.51. The average Bonchev–Trinajstić information content (AvgIpc) is 3.40. The number of methoxy groups -OCH3 is 1. The predicted molar refractivity (Wildman–Crippen MR) is 165 cm³/mol. The Morgan fingerprint density at radius 1 is 1.18 bits per heavy atom. The van der Waals surface area contributed by atoms with Crippen molar-refractivity contribution in [2.45, 2.75) is 18.9 Å². The molecule has 0 bridgehead atoms. The number of carbonyl (C=O) groups is 3. The lowest BCUT2D eigenvalue weighted by atomic mass is 10.1. The Kier molecular flexibility index (Phi) is 10.8. The molecule has 4 rings (SSSR count). The molecule has 2 heterocycles. The number of nitrogens with zero attached hydrogens (tertiary/aromatic N) is 5. The van der Waals surface area contributed by atoms with Gasteiger partial charge < -0.3 is 34.4 Å². The first-order valence-electron chi connectivity index (χ1n) is 14.4. The number of ether oxygens (including phenoxy) is 1. The Morgan fingerprint density at radius 2 is 1.87 bits per heavy atom. The largest absolute Gasteiger partial charge is 0.495 e. The molecule has 12 nitrogen and oxygen atoms in total. The highest BCUT2D eigenvalue weighted by Gasteiger charge is 2.27. The number of halogens is 2.